The Hall–Kier alpha value is -2.40. The molecule has 1 N–H and O–H groups in total. The van der Waals surface area contributed by atoms with Crippen LogP contribution in [0.25, 0.3) is 0 Å². The Morgan fingerprint density at radius 3 is 2.20 bits per heavy atom. The number of nitrogens with zero attached hydrogens (tertiary/aromatic N) is 1. The summed E-state index contributed by atoms with van der Waals surface area (Å²) in [4.78, 5) is 5.53. The molecule has 130 valence electrons. The van der Waals surface area contributed by atoms with E-state index in [1.807, 2.05) is 57.2 Å². The van der Waals surface area contributed by atoms with Crippen molar-refractivity contribution in [3.63, 3.8) is 0 Å². The topological polar surface area (TPSA) is 42.9 Å². The zero-order chi connectivity index (χ0) is 18.2. The van der Waals surface area contributed by atoms with Gasteiger partial charge in [-0.15, -0.1) is 0 Å². The molecule has 0 aromatic heterocycles. The molecule has 0 aliphatic carbocycles. The van der Waals surface area contributed by atoms with Gasteiger partial charge in [0.15, 0.2) is 5.66 Å². The highest BCUT2D eigenvalue weighted by atomic mass is 32.1. The fraction of sp³-hybridized carbons (Fsp3) is 0.300. The molecule has 0 bridgehead atoms. The van der Waals surface area contributed by atoms with Crippen molar-refractivity contribution in [3.05, 3.63) is 58.7 Å². The second kappa shape index (κ2) is 6.48. The molecule has 0 amide bonds. The normalized spacial score (nSPS) is 19.4. The van der Waals surface area contributed by atoms with Gasteiger partial charge in [-0.25, -0.2) is 4.99 Å². The molecule has 0 fully saturated rings. The molecule has 1 heterocycles. The molecule has 2 aromatic rings. The van der Waals surface area contributed by atoms with Crippen LogP contribution < -0.4 is 14.8 Å². The van der Waals surface area contributed by atoms with Crippen molar-refractivity contribution in [1.82, 2.24) is 5.32 Å². The summed E-state index contributed by atoms with van der Waals surface area (Å²) in [5.41, 5.74) is 4.15. The molecule has 1 unspecified atom stereocenters. The van der Waals surface area contributed by atoms with E-state index in [0.29, 0.717) is 4.99 Å². The van der Waals surface area contributed by atoms with Crippen molar-refractivity contribution >= 4 is 22.9 Å². The van der Waals surface area contributed by atoms with Crippen LogP contribution >= 0.6 is 12.2 Å². The Kier molecular flexibility index (Phi) is 4.52. The van der Waals surface area contributed by atoms with Crippen LogP contribution in [0.2, 0.25) is 0 Å². The van der Waals surface area contributed by atoms with Crippen LogP contribution in [0.15, 0.2) is 41.4 Å². The molecule has 25 heavy (non-hydrogen) atoms. The van der Waals surface area contributed by atoms with Crippen LogP contribution in [-0.4, -0.2) is 24.9 Å². The van der Waals surface area contributed by atoms with E-state index in [0.717, 1.165) is 39.5 Å². The van der Waals surface area contributed by atoms with Gasteiger partial charge < -0.3 is 14.8 Å². The first-order valence-electron chi connectivity index (χ1n) is 8.10. The van der Waals surface area contributed by atoms with E-state index in [1.54, 1.807) is 14.2 Å². The van der Waals surface area contributed by atoms with Crippen molar-refractivity contribution in [2.75, 3.05) is 14.2 Å². The summed E-state index contributed by atoms with van der Waals surface area (Å²) >= 11 is 5.58. The second-order valence-corrected chi connectivity index (χ2v) is 6.80. The SMILES string of the molecule is COc1cc(C)ccc1C1=NC(C)(c2ccc(C)cc2OC)NC1=S. The van der Waals surface area contributed by atoms with Gasteiger partial charge in [-0.1, -0.05) is 30.4 Å². The van der Waals surface area contributed by atoms with Gasteiger partial charge in [0.2, 0.25) is 0 Å². The molecular weight excluding hydrogens is 332 g/mol. The Labute approximate surface area is 153 Å². The lowest BCUT2D eigenvalue weighted by molar-refractivity contribution is 0.383. The number of aliphatic imine (C=N–C) groups is 1. The molecule has 0 saturated heterocycles. The van der Waals surface area contributed by atoms with Gasteiger partial charge in [0.25, 0.3) is 0 Å². The van der Waals surface area contributed by atoms with Gasteiger partial charge in [0.1, 0.15) is 22.2 Å². The fourth-order valence-electron chi connectivity index (χ4n) is 3.09. The van der Waals surface area contributed by atoms with E-state index in [9.17, 15) is 0 Å². The van der Waals surface area contributed by atoms with E-state index in [4.69, 9.17) is 26.7 Å². The first-order valence-corrected chi connectivity index (χ1v) is 8.51. The molecule has 5 heteroatoms. The van der Waals surface area contributed by atoms with E-state index < -0.39 is 5.66 Å². The minimum atomic E-state index is -0.679. The predicted molar refractivity (Wildman–Crippen MR) is 105 cm³/mol. The summed E-state index contributed by atoms with van der Waals surface area (Å²) in [6.07, 6.45) is 0. The smallest absolute Gasteiger partial charge is 0.157 e. The van der Waals surface area contributed by atoms with Gasteiger partial charge in [0.05, 0.1) is 14.2 Å². The quantitative estimate of drug-likeness (QED) is 0.846. The number of benzene rings is 2. The van der Waals surface area contributed by atoms with Crippen LogP contribution in [0, 0.1) is 13.8 Å². The molecular formula is C20H22N2O2S. The predicted octanol–water partition coefficient (Wildman–Crippen LogP) is 3.91. The van der Waals surface area contributed by atoms with Gasteiger partial charge in [-0.2, -0.15) is 0 Å². The summed E-state index contributed by atoms with van der Waals surface area (Å²) in [7, 11) is 3.33. The lowest BCUT2D eigenvalue weighted by Gasteiger charge is -2.24. The van der Waals surface area contributed by atoms with Crippen molar-refractivity contribution in [3.8, 4) is 11.5 Å². The highest BCUT2D eigenvalue weighted by molar-refractivity contribution is 7.82. The number of hydrogen-bond donors (Lipinski definition) is 1. The Morgan fingerprint density at radius 1 is 0.960 bits per heavy atom. The lowest BCUT2D eigenvalue weighted by Crippen LogP contribution is -2.36. The third-order valence-electron chi connectivity index (χ3n) is 4.40. The molecule has 1 aliphatic heterocycles. The number of ether oxygens (including phenoxy) is 2. The maximum absolute atomic E-state index is 5.58. The summed E-state index contributed by atoms with van der Waals surface area (Å²) in [6, 6.07) is 12.1. The Morgan fingerprint density at radius 2 is 1.56 bits per heavy atom. The molecule has 2 aromatic carbocycles. The number of rotatable bonds is 4. The highest BCUT2D eigenvalue weighted by Gasteiger charge is 2.37. The van der Waals surface area contributed by atoms with Gasteiger partial charge >= 0.3 is 0 Å². The molecule has 1 aliphatic rings. The molecule has 1 atom stereocenters. The van der Waals surface area contributed by atoms with Crippen molar-refractivity contribution in [2.24, 2.45) is 4.99 Å². The third-order valence-corrected chi connectivity index (χ3v) is 4.70. The fourth-order valence-corrected chi connectivity index (χ4v) is 3.44. The Bertz CT molecular complexity index is 876. The van der Waals surface area contributed by atoms with Crippen LogP contribution in [0.4, 0.5) is 0 Å². The molecule has 0 saturated carbocycles. The van der Waals surface area contributed by atoms with E-state index in [-0.39, 0.29) is 0 Å². The van der Waals surface area contributed by atoms with Crippen LogP contribution in [-0.2, 0) is 5.66 Å². The van der Waals surface area contributed by atoms with Crippen molar-refractivity contribution in [1.29, 1.82) is 0 Å². The summed E-state index contributed by atoms with van der Waals surface area (Å²) in [5, 5.41) is 3.35. The number of nitrogens with one attached hydrogen (secondary N) is 1. The van der Waals surface area contributed by atoms with Crippen LogP contribution in [0.5, 0.6) is 11.5 Å². The first kappa shape index (κ1) is 17.4. The molecule has 4 nitrogen and oxygen atoms in total. The second-order valence-electron chi connectivity index (χ2n) is 6.39. The van der Waals surface area contributed by atoms with E-state index in [1.165, 1.54) is 0 Å². The van der Waals surface area contributed by atoms with E-state index in [2.05, 4.69) is 5.32 Å². The lowest BCUT2D eigenvalue weighted by atomic mass is 10.00. The highest BCUT2D eigenvalue weighted by Crippen LogP contribution is 2.36. The summed E-state index contributed by atoms with van der Waals surface area (Å²) in [6.45, 7) is 6.06. The summed E-state index contributed by atoms with van der Waals surface area (Å²) < 4.78 is 11.1. The largest absolute Gasteiger partial charge is 0.496 e. The number of aryl methyl sites for hydroxylation is 2. The van der Waals surface area contributed by atoms with Gasteiger partial charge in [0, 0.05) is 11.1 Å². The average molecular weight is 354 g/mol. The number of hydrogen-bond acceptors (Lipinski definition) is 4. The maximum atomic E-state index is 5.58. The average Bonchev–Trinajstić information content (AvgIpc) is 2.89. The minimum absolute atomic E-state index is 0.604. The van der Waals surface area contributed by atoms with Crippen LogP contribution in [0.1, 0.15) is 29.2 Å². The van der Waals surface area contributed by atoms with Crippen LogP contribution in [0.3, 0.4) is 0 Å². The monoisotopic (exact) mass is 354 g/mol. The third kappa shape index (κ3) is 3.12. The van der Waals surface area contributed by atoms with Gasteiger partial charge in [-0.05, 0) is 50.1 Å². The summed E-state index contributed by atoms with van der Waals surface area (Å²) in [5.74, 6) is 1.56. The maximum Gasteiger partial charge on any atom is 0.157 e. The van der Waals surface area contributed by atoms with Gasteiger partial charge in [-0.3, -0.25) is 0 Å². The van der Waals surface area contributed by atoms with E-state index >= 15 is 0 Å². The molecule has 0 spiro atoms. The zero-order valence-electron chi connectivity index (χ0n) is 15.1. The first-order chi connectivity index (χ1) is 11.9. The Balaban J connectivity index is 2.11. The van der Waals surface area contributed by atoms with Crippen molar-refractivity contribution in [2.45, 2.75) is 26.4 Å². The minimum Gasteiger partial charge on any atom is -0.496 e. The standard InChI is InChI=1S/C20H22N2O2S/c1-12-6-8-14(16(10-12)23-4)18-19(25)22-20(3,21-18)15-9-7-13(2)11-17(15)24-5/h6-11H,1-5H3,(H,22,25). The van der Waals surface area contributed by atoms with Crippen molar-refractivity contribution < 1.29 is 9.47 Å². The zero-order valence-corrected chi connectivity index (χ0v) is 16.0. The number of thiocarbonyl (C=S) groups is 1. The molecule has 3 rings (SSSR count). The number of methoxy groups -OCH3 is 2. The molecule has 0 radical (unpaired) electrons.